The Labute approximate surface area is 117 Å². The normalized spacial score (nSPS) is 10.4. The van der Waals surface area contributed by atoms with Crippen LogP contribution in [0.4, 0.5) is 14.5 Å². The van der Waals surface area contributed by atoms with Crippen molar-refractivity contribution in [2.24, 2.45) is 0 Å². The molecule has 0 saturated carbocycles. The fraction of sp³-hybridized carbons (Fsp3) is 0.0714. The molecule has 2 aromatic carbocycles. The predicted octanol–water partition coefficient (Wildman–Crippen LogP) is 3.43. The van der Waals surface area contributed by atoms with Crippen LogP contribution in [-0.4, -0.2) is 17.3 Å². The average Bonchev–Trinajstić information content (AvgIpc) is 2.46. The van der Waals surface area contributed by atoms with E-state index in [-0.39, 0.29) is 5.56 Å². The molecule has 0 N–H and O–H groups in total. The number of hydrogen-bond donors (Lipinski definition) is 0. The highest BCUT2D eigenvalue weighted by Crippen LogP contribution is 2.30. The fourth-order valence-electron chi connectivity index (χ4n) is 1.75. The zero-order chi connectivity index (χ0) is 15.4. The summed E-state index contributed by atoms with van der Waals surface area (Å²) >= 11 is 0. The maximum absolute atomic E-state index is 12.3. The number of benzene rings is 2. The van der Waals surface area contributed by atoms with Crippen LogP contribution in [0.1, 0.15) is 15.9 Å². The zero-order valence-corrected chi connectivity index (χ0v) is 10.5. The van der Waals surface area contributed by atoms with Gasteiger partial charge in [0.25, 0.3) is 0 Å². The predicted molar refractivity (Wildman–Crippen MR) is 69.6 cm³/mol. The Morgan fingerprint density at radius 3 is 2.33 bits per heavy atom. The van der Waals surface area contributed by atoms with Crippen molar-refractivity contribution in [3.8, 4) is 5.75 Å². The van der Waals surface area contributed by atoms with E-state index < -0.39 is 28.8 Å². The summed E-state index contributed by atoms with van der Waals surface area (Å²) in [6, 6.07) is 11.2. The van der Waals surface area contributed by atoms with E-state index >= 15 is 0 Å². The lowest BCUT2D eigenvalue weighted by Gasteiger charge is -2.07. The van der Waals surface area contributed by atoms with Gasteiger partial charge in [-0.25, -0.2) is 0 Å². The number of carbonyl (C=O) groups is 1. The molecule has 0 aromatic heterocycles. The first-order chi connectivity index (χ1) is 9.99. The zero-order valence-electron chi connectivity index (χ0n) is 10.5. The lowest BCUT2D eigenvalue weighted by atomic mass is 10.0. The molecule has 0 spiro atoms. The molecule has 21 heavy (non-hydrogen) atoms. The second-order valence-corrected chi connectivity index (χ2v) is 4.01. The van der Waals surface area contributed by atoms with Gasteiger partial charge in [0.2, 0.25) is 5.75 Å². The van der Waals surface area contributed by atoms with Crippen LogP contribution in [0.2, 0.25) is 0 Å². The first kappa shape index (κ1) is 14.6. The number of nitrogens with zero attached hydrogens (tertiary/aromatic N) is 1. The van der Waals surface area contributed by atoms with E-state index in [0.29, 0.717) is 5.56 Å². The standard InChI is InChI=1S/C14H9F2NO4/c15-14(16)21-12-8-10(6-7-11(12)17(19)20)13(18)9-4-2-1-3-5-9/h1-8,14H. The van der Waals surface area contributed by atoms with Crippen molar-refractivity contribution in [2.75, 3.05) is 0 Å². The first-order valence-electron chi connectivity index (χ1n) is 5.82. The van der Waals surface area contributed by atoms with Gasteiger partial charge in [0.05, 0.1) is 4.92 Å². The van der Waals surface area contributed by atoms with Gasteiger partial charge in [-0.05, 0) is 12.1 Å². The number of nitro benzene ring substituents is 1. The van der Waals surface area contributed by atoms with Crippen LogP contribution in [-0.2, 0) is 0 Å². The molecule has 2 rings (SSSR count). The summed E-state index contributed by atoms with van der Waals surface area (Å²) in [5.41, 5.74) is -0.253. The number of hydrogen-bond acceptors (Lipinski definition) is 4. The molecular formula is C14H9F2NO4. The molecule has 0 radical (unpaired) electrons. The largest absolute Gasteiger partial charge is 0.427 e. The summed E-state index contributed by atoms with van der Waals surface area (Å²) in [6.45, 7) is -3.22. The minimum Gasteiger partial charge on any atom is -0.427 e. The summed E-state index contributed by atoms with van der Waals surface area (Å²) in [7, 11) is 0. The van der Waals surface area contributed by atoms with Crippen LogP contribution < -0.4 is 4.74 Å². The lowest BCUT2D eigenvalue weighted by Crippen LogP contribution is -2.07. The molecule has 0 fully saturated rings. The molecule has 108 valence electrons. The van der Waals surface area contributed by atoms with Crippen molar-refractivity contribution >= 4 is 11.5 Å². The number of alkyl halides is 2. The number of rotatable bonds is 5. The third-order valence-electron chi connectivity index (χ3n) is 2.67. The highest BCUT2D eigenvalue weighted by atomic mass is 19.3. The van der Waals surface area contributed by atoms with Crippen LogP contribution in [0.25, 0.3) is 0 Å². The highest BCUT2D eigenvalue weighted by molar-refractivity contribution is 6.09. The molecule has 0 bridgehead atoms. The third kappa shape index (κ3) is 3.38. The highest BCUT2D eigenvalue weighted by Gasteiger charge is 2.21. The summed E-state index contributed by atoms with van der Waals surface area (Å²) < 4.78 is 28.7. The van der Waals surface area contributed by atoms with E-state index in [1.165, 1.54) is 6.07 Å². The molecule has 2 aromatic rings. The third-order valence-corrected chi connectivity index (χ3v) is 2.67. The summed E-state index contributed by atoms with van der Waals surface area (Å²) in [5, 5.41) is 10.8. The summed E-state index contributed by atoms with van der Waals surface area (Å²) in [4.78, 5) is 22.0. The molecule has 0 aliphatic rings. The molecule has 0 heterocycles. The van der Waals surface area contributed by atoms with Crippen molar-refractivity contribution in [3.63, 3.8) is 0 Å². The van der Waals surface area contributed by atoms with Crippen LogP contribution in [0.15, 0.2) is 48.5 Å². The van der Waals surface area contributed by atoms with Crippen molar-refractivity contribution < 1.29 is 23.2 Å². The second kappa shape index (κ2) is 6.08. The van der Waals surface area contributed by atoms with Crippen molar-refractivity contribution in [1.29, 1.82) is 0 Å². The second-order valence-electron chi connectivity index (χ2n) is 4.01. The quantitative estimate of drug-likeness (QED) is 0.481. The van der Waals surface area contributed by atoms with E-state index in [2.05, 4.69) is 4.74 Å². The van der Waals surface area contributed by atoms with Gasteiger partial charge in [-0.1, -0.05) is 30.3 Å². The molecule has 7 heteroatoms. The Morgan fingerprint density at radius 1 is 1.10 bits per heavy atom. The van der Waals surface area contributed by atoms with Crippen LogP contribution in [0, 0.1) is 10.1 Å². The number of ketones is 1. The summed E-state index contributed by atoms with van der Waals surface area (Å²) in [6.07, 6.45) is 0. The van der Waals surface area contributed by atoms with E-state index in [1.807, 2.05) is 0 Å². The topological polar surface area (TPSA) is 69.4 Å². The molecular weight excluding hydrogens is 284 g/mol. The van der Waals surface area contributed by atoms with Gasteiger partial charge < -0.3 is 4.74 Å². The average molecular weight is 293 g/mol. The Bertz CT molecular complexity index is 674. The van der Waals surface area contributed by atoms with E-state index in [9.17, 15) is 23.7 Å². The number of halogens is 2. The monoisotopic (exact) mass is 293 g/mol. The van der Waals surface area contributed by atoms with Gasteiger partial charge in [-0.3, -0.25) is 14.9 Å². The molecule has 0 unspecified atom stereocenters. The van der Waals surface area contributed by atoms with E-state index in [4.69, 9.17) is 0 Å². The lowest BCUT2D eigenvalue weighted by molar-refractivity contribution is -0.386. The molecule has 0 aliphatic heterocycles. The van der Waals surface area contributed by atoms with Crippen LogP contribution >= 0.6 is 0 Å². The van der Waals surface area contributed by atoms with Gasteiger partial charge in [-0.15, -0.1) is 0 Å². The van der Waals surface area contributed by atoms with Crippen LogP contribution in [0.3, 0.4) is 0 Å². The van der Waals surface area contributed by atoms with Gasteiger partial charge >= 0.3 is 12.3 Å². The Morgan fingerprint density at radius 2 is 1.76 bits per heavy atom. The Hall–Kier alpha value is -2.83. The fourth-order valence-corrected chi connectivity index (χ4v) is 1.75. The molecule has 0 saturated heterocycles. The molecule has 0 amide bonds. The smallest absolute Gasteiger partial charge is 0.387 e. The minimum atomic E-state index is -3.22. The van der Waals surface area contributed by atoms with Crippen molar-refractivity contribution in [3.05, 3.63) is 69.8 Å². The first-order valence-corrected chi connectivity index (χ1v) is 5.82. The molecule has 0 atom stereocenters. The van der Waals surface area contributed by atoms with E-state index in [0.717, 1.165) is 12.1 Å². The number of ether oxygens (including phenoxy) is 1. The molecule has 5 nitrogen and oxygen atoms in total. The van der Waals surface area contributed by atoms with Gasteiger partial charge in [0, 0.05) is 17.2 Å². The maximum Gasteiger partial charge on any atom is 0.387 e. The van der Waals surface area contributed by atoms with Crippen LogP contribution in [0.5, 0.6) is 5.75 Å². The van der Waals surface area contributed by atoms with Gasteiger partial charge in [-0.2, -0.15) is 8.78 Å². The maximum atomic E-state index is 12.3. The number of nitro groups is 1. The minimum absolute atomic E-state index is 0.0300. The van der Waals surface area contributed by atoms with E-state index in [1.54, 1.807) is 30.3 Å². The van der Waals surface area contributed by atoms with Crippen molar-refractivity contribution in [1.82, 2.24) is 0 Å². The number of carbonyl (C=O) groups excluding carboxylic acids is 1. The Kier molecular flexibility index (Phi) is 4.22. The summed E-state index contributed by atoms with van der Waals surface area (Å²) in [5.74, 6) is -1.08. The van der Waals surface area contributed by atoms with Crippen molar-refractivity contribution in [2.45, 2.75) is 6.61 Å². The Balaban J connectivity index is 2.42. The SMILES string of the molecule is O=C(c1ccccc1)c1ccc([N+](=O)[O-])c(OC(F)F)c1. The van der Waals surface area contributed by atoms with Gasteiger partial charge in [0.15, 0.2) is 5.78 Å². The molecule has 0 aliphatic carbocycles. The van der Waals surface area contributed by atoms with Gasteiger partial charge in [0.1, 0.15) is 0 Å².